The van der Waals surface area contributed by atoms with Gasteiger partial charge in [-0.15, -0.1) is 0 Å². The lowest BCUT2D eigenvalue weighted by Gasteiger charge is -2.26. The SMILES string of the molecule is COC(=O)C[C@@H](c1ccc([N+](=O)[O-])cc1)[C@@H](NC(=O)c1ccc(C#N)cc1)C(=O)OC. The number of esters is 2. The highest BCUT2D eigenvalue weighted by Gasteiger charge is 2.34. The minimum absolute atomic E-state index is 0.170. The van der Waals surface area contributed by atoms with E-state index in [0.717, 1.165) is 7.11 Å². The van der Waals surface area contributed by atoms with Crippen molar-refractivity contribution in [2.45, 2.75) is 18.4 Å². The number of carbonyl (C=O) groups is 3. The van der Waals surface area contributed by atoms with Gasteiger partial charge in [-0.3, -0.25) is 19.7 Å². The van der Waals surface area contributed by atoms with Crippen molar-refractivity contribution in [3.8, 4) is 6.07 Å². The number of rotatable bonds is 8. The minimum atomic E-state index is -1.28. The second kappa shape index (κ2) is 10.5. The third-order valence-corrected chi connectivity index (χ3v) is 4.57. The van der Waals surface area contributed by atoms with Crippen LogP contribution in [0.25, 0.3) is 0 Å². The van der Waals surface area contributed by atoms with E-state index in [1.54, 1.807) is 0 Å². The Labute approximate surface area is 177 Å². The fourth-order valence-corrected chi connectivity index (χ4v) is 2.91. The van der Waals surface area contributed by atoms with Gasteiger partial charge in [0.25, 0.3) is 11.6 Å². The molecule has 31 heavy (non-hydrogen) atoms. The van der Waals surface area contributed by atoms with Crippen molar-refractivity contribution in [1.82, 2.24) is 5.32 Å². The van der Waals surface area contributed by atoms with Crippen LogP contribution >= 0.6 is 0 Å². The Kier molecular flexibility index (Phi) is 7.80. The molecular weight excluding hydrogens is 406 g/mol. The first-order valence-corrected chi connectivity index (χ1v) is 9.00. The lowest BCUT2D eigenvalue weighted by atomic mass is 9.88. The molecule has 2 rings (SSSR count). The zero-order chi connectivity index (χ0) is 23.0. The highest BCUT2D eigenvalue weighted by molar-refractivity contribution is 5.97. The van der Waals surface area contributed by atoms with Gasteiger partial charge in [0.1, 0.15) is 6.04 Å². The molecule has 160 valence electrons. The molecule has 0 aromatic heterocycles. The molecule has 0 aliphatic heterocycles. The summed E-state index contributed by atoms with van der Waals surface area (Å²) in [4.78, 5) is 47.5. The normalized spacial score (nSPS) is 12.0. The van der Waals surface area contributed by atoms with E-state index >= 15 is 0 Å². The number of carbonyl (C=O) groups excluding carboxylic acids is 3. The number of hydrogen-bond acceptors (Lipinski definition) is 8. The number of benzene rings is 2. The van der Waals surface area contributed by atoms with Gasteiger partial charge in [0, 0.05) is 23.6 Å². The number of non-ortho nitro benzene ring substituents is 1. The average Bonchev–Trinajstić information content (AvgIpc) is 2.80. The summed E-state index contributed by atoms with van der Waals surface area (Å²) in [5.41, 5.74) is 0.771. The number of nitrogens with one attached hydrogen (secondary N) is 1. The Bertz CT molecular complexity index is 1010. The third-order valence-electron chi connectivity index (χ3n) is 4.57. The molecular formula is C21H19N3O7. The van der Waals surface area contributed by atoms with E-state index in [1.807, 2.05) is 6.07 Å². The third kappa shape index (κ3) is 5.86. The maximum absolute atomic E-state index is 12.7. The van der Waals surface area contributed by atoms with Gasteiger partial charge in [-0.25, -0.2) is 4.79 Å². The molecule has 0 aliphatic carbocycles. The standard InChI is InChI=1S/C21H19N3O7/c1-30-18(25)11-17(14-7-9-16(10-8-14)24(28)29)19(21(27)31-2)23-20(26)15-5-3-13(12-22)4-6-15/h3-10,17,19H,11H2,1-2H3,(H,23,26)/t17-,19+/m0/s1. The quantitative estimate of drug-likeness (QED) is 0.384. The van der Waals surface area contributed by atoms with E-state index < -0.39 is 34.7 Å². The predicted octanol–water partition coefficient (Wildman–Crippen LogP) is 2.08. The van der Waals surface area contributed by atoms with Gasteiger partial charge in [0.2, 0.25) is 0 Å². The fourth-order valence-electron chi connectivity index (χ4n) is 2.91. The second-order valence-electron chi connectivity index (χ2n) is 6.40. The summed E-state index contributed by atoms with van der Waals surface area (Å²) in [6.45, 7) is 0. The Balaban J connectivity index is 2.40. The molecule has 2 aromatic rings. The van der Waals surface area contributed by atoms with Gasteiger partial charge < -0.3 is 14.8 Å². The molecule has 10 heteroatoms. The van der Waals surface area contributed by atoms with Crippen LogP contribution in [0.3, 0.4) is 0 Å². The van der Waals surface area contributed by atoms with E-state index in [4.69, 9.17) is 14.7 Å². The molecule has 2 atom stereocenters. The number of nitrogens with zero attached hydrogens (tertiary/aromatic N) is 2. The van der Waals surface area contributed by atoms with Crippen LogP contribution in [0.1, 0.15) is 33.8 Å². The largest absolute Gasteiger partial charge is 0.469 e. The van der Waals surface area contributed by atoms with Crippen molar-refractivity contribution in [2.24, 2.45) is 0 Å². The number of nitriles is 1. The molecule has 0 radical (unpaired) electrons. The lowest BCUT2D eigenvalue weighted by Crippen LogP contribution is -2.46. The van der Waals surface area contributed by atoms with Gasteiger partial charge in [-0.2, -0.15) is 5.26 Å². The summed E-state index contributed by atoms with van der Waals surface area (Å²) in [5.74, 6) is -3.00. The molecule has 0 fully saturated rings. The maximum atomic E-state index is 12.7. The molecule has 1 N–H and O–H groups in total. The van der Waals surface area contributed by atoms with Crippen molar-refractivity contribution in [3.05, 3.63) is 75.3 Å². The summed E-state index contributed by atoms with van der Waals surface area (Å²) in [6.07, 6.45) is -0.290. The highest BCUT2D eigenvalue weighted by atomic mass is 16.6. The van der Waals surface area contributed by atoms with Crippen molar-refractivity contribution in [1.29, 1.82) is 5.26 Å². The van der Waals surface area contributed by atoms with Crippen LogP contribution in [0, 0.1) is 21.4 Å². The number of amides is 1. The van der Waals surface area contributed by atoms with E-state index in [1.165, 1.54) is 55.6 Å². The van der Waals surface area contributed by atoms with Crippen molar-refractivity contribution < 1.29 is 28.8 Å². The van der Waals surface area contributed by atoms with Gasteiger partial charge in [-0.1, -0.05) is 12.1 Å². The Morgan fingerprint density at radius 3 is 2.16 bits per heavy atom. The van der Waals surface area contributed by atoms with Crippen LogP contribution in [-0.4, -0.2) is 43.0 Å². The van der Waals surface area contributed by atoms with Crippen molar-refractivity contribution in [2.75, 3.05) is 14.2 Å². The predicted molar refractivity (Wildman–Crippen MR) is 107 cm³/mol. The van der Waals surface area contributed by atoms with Crippen LogP contribution in [-0.2, 0) is 19.1 Å². The number of nitro groups is 1. The molecule has 0 saturated heterocycles. The smallest absolute Gasteiger partial charge is 0.329 e. The Morgan fingerprint density at radius 2 is 1.68 bits per heavy atom. The molecule has 1 amide bonds. The second-order valence-corrected chi connectivity index (χ2v) is 6.40. The summed E-state index contributed by atoms with van der Waals surface area (Å²) in [5, 5.41) is 22.4. The summed E-state index contributed by atoms with van der Waals surface area (Å²) in [7, 11) is 2.31. The van der Waals surface area contributed by atoms with E-state index in [0.29, 0.717) is 11.1 Å². The summed E-state index contributed by atoms with van der Waals surface area (Å²) in [6, 6.07) is 11.7. The maximum Gasteiger partial charge on any atom is 0.329 e. The molecule has 0 saturated carbocycles. The summed E-state index contributed by atoms with van der Waals surface area (Å²) < 4.78 is 9.51. The lowest BCUT2D eigenvalue weighted by molar-refractivity contribution is -0.384. The number of nitro benzene ring substituents is 1. The fraction of sp³-hybridized carbons (Fsp3) is 0.238. The number of ether oxygens (including phenoxy) is 2. The first-order chi connectivity index (χ1) is 14.8. The minimum Gasteiger partial charge on any atom is -0.469 e. The van der Waals surface area contributed by atoms with Gasteiger partial charge in [0.15, 0.2) is 0 Å². The molecule has 10 nitrogen and oxygen atoms in total. The van der Waals surface area contributed by atoms with E-state index in [2.05, 4.69) is 5.32 Å². The van der Waals surface area contributed by atoms with Crippen LogP contribution in [0.15, 0.2) is 48.5 Å². The van der Waals surface area contributed by atoms with Crippen molar-refractivity contribution >= 4 is 23.5 Å². The highest BCUT2D eigenvalue weighted by Crippen LogP contribution is 2.27. The molecule has 2 aromatic carbocycles. The number of hydrogen-bond donors (Lipinski definition) is 1. The van der Waals surface area contributed by atoms with Gasteiger partial charge >= 0.3 is 11.9 Å². The van der Waals surface area contributed by atoms with E-state index in [9.17, 15) is 24.5 Å². The topological polar surface area (TPSA) is 149 Å². The van der Waals surface area contributed by atoms with Crippen LogP contribution < -0.4 is 5.32 Å². The molecule has 0 heterocycles. The average molecular weight is 425 g/mol. The van der Waals surface area contributed by atoms with Gasteiger partial charge in [0.05, 0.1) is 37.2 Å². The summed E-state index contributed by atoms with van der Waals surface area (Å²) >= 11 is 0. The molecule has 0 spiro atoms. The van der Waals surface area contributed by atoms with Crippen LogP contribution in [0.4, 0.5) is 5.69 Å². The molecule has 0 aliphatic rings. The van der Waals surface area contributed by atoms with Crippen LogP contribution in [0.2, 0.25) is 0 Å². The first kappa shape index (κ1) is 23.0. The molecule has 0 unspecified atom stereocenters. The van der Waals surface area contributed by atoms with Crippen molar-refractivity contribution in [3.63, 3.8) is 0 Å². The van der Waals surface area contributed by atoms with Crippen LogP contribution in [0.5, 0.6) is 0 Å². The Hall–Kier alpha value is -4.26. The zero-order valence-electron chi connectivity index (χ0n) is 16.7. The van der Waals surface area contributed by atoms with Gasteiger partial charge in [-0.05, 0) is 29.8 Å². The Morgan fingerprint density at radius 1 is 1.06 bits per heavy atom. The molecule has 0 bridgehead atoms. The number of methoxy groups -OCH3 is 2. The monoisotopic (exact) mass is 425 g/mol. The first-order valence-electron chi connectivity index (χ1n) is 9.00. The van der Waals surface area contributed by atoms with E-state index in [-0.39, 0.29) is 17.7 Å². The zero-order valence-corrected chi connectivity index (χ0v) is 16.7.